The van der Waals surface area contributed by atoms with Crippen molar-refractivity contribution in [2.24, 2.45) is 5.73 Å². The average molecular weight is 470 g/mol. The number of thioether (sulfide) groups is 1. The third-order valence-corrected chi connectivity index (χ3v) is 7.47. The van der Waals surface area contributed by atoms with Crippen molar-refractivity contribution in [2.45, 2.75) is 50.0 Å². The number of nitrogens with zero attached hydrogens (tertiary/aromatic N) is 1. The molecule has 0 saturated carbocycles. The molecule has 3 atom stereocenters. The topological polar surface area (TPSA) is 136 Å². The van der Waals surface area contributed by atoms with Crippen molar-refractivity contribution >= 4 is 31.2 Å². The number of aliphatic carboxylic acids is 1. The Bertz CT molecular complexity index is 746. The molecule has 1 aliphatic heterocycles. The van der Waals surface area contributed by atoms with Crippen molar-refractivity contribution in [2.75, 3.05) is 25.0 Å². The summed E-state index contributed by atoms with van der Waals surface area (Å²) in [6.45, 7) is 0.635. The Hall–Kier alpha value is -0.185. The molecular formula is C20H29Li2N2O6PS. The van der Waals surface area contributed by atoms with Crippen LogP contribution in [0.15, 0.2) is 30.3 Å². The van der Waals surface area contributed by atoms with Gasteiger partial charge in [-0.2, -0.15) is 0 Å². The van der Waals surface area contributed by atoms with Crippen molar-refractivity contribution in [3.63, 3.8) is 0 Å². The summed E-state index contributed by atoms with van der Waals surface area (Å²) in [5.74, 6) is -1.53. The van der Waals surface area contributed by atoms with Gasteiger partial charge in [0, 0.05) is 18.5 Å². The molecule has 1 fully saturated rings. The number of hydrogen-bond donors (Lipinski definition) is 1. The smallest absolute Gasteiger partial charge is 0.778 e. The summed E-state index contributed by atoms with van der Waals surface area (Å²) >= 11 is 1.09. The molecule has 1 heterocycles. The molecule has 2 N–H and O–H groups in total. The summed E-state index contributed by atoms with van der Waals surface area (Å²) in [6, 6.07) is 9.77. The molecule has 1 saturated heterocycles. The van der Waals surface area contributed by atoms with Crippen LogP contribution in [0.1, 0.15) is 37.7 Å². The first kappa shape index (κ1) is 31.8. The molecule has 0 radical (unpaired) electrons. The van der Waals surface area contributed by atoms with Crippen LogP contribution in [-0.4, -0.2) is 53.3 Å². The normalized spacial score (nSPS) is 18.2. The van der Waals surface area contributed by atoms with Crippen LogP contribution in [-0.2, 0) is 25.1 Å². The molecule has 0 bridgehead atoms. The van der Waals surface area contributed by atoms with Crippen LogP contribution in [0.2, 0.25) is 0 Å². The molecule has 0 aliphatic carbocycles. The van der Waals surface area contributed by atoms with Crippen LogP contribution in [0.3, 0.4) is 0 Å². The summed E-state index contributed by atoms with van der Waals surface area (Å²) in [5, 5.41) is 10.2. The van der Waals surface area contributed by atoms with Gasteiger partial charge in [-0.3, -0.25) is 4.79 Å². The fourth-order valence-electron chi connectivity index (χ4n) is 3.30. The maximum absolute atomic E-state index is 12.9. The number of carbonyl (C=O) groups is 2. The van der Waals surface area contributed by atoms with Gasteiger partial charge in [0.15, 0.2) is 0 Å². The SMILES string of the molecule is NCCCC[C@H](OP(=O)([O-])CCCCc1ccccc1)C(=O)N1CCS[C@H]1C(=O)[O-].[Li+].[Li+]. The average Bonchev–Trinajstić information content (AvgIpc) is 3.21. The van der Waals surface area contributed by atoms with E-state index in [0.29, 0.717) is 38.0 Å². The molecule has 168 valence electrons. The molecule has 32 heavy (non-hydrogen) atoms. The maximum Gasteiger partial charge on any atom is 1.00 e. The van der Waals surface area contributed by atoms with Crippen molar-refractivity contribution in [3.8, 4) is 0 Å². The second-order valence-electron chi connectivity index (χ2n) is 7.23. The fourth-order valence-corrected chi connectivity index (χ4v) is 5.65. The molecule has 12 heteroatoms. The Morgan fingerprint density at radius 2 is 1.88 bits per heavy atom. The van der Waals surface area contributed by atoms with Crippen LogP contribution >= 0.6 is 19.4 Å². The van der Waals surface area contributed by atoms with E-state index in [1.54, 1.807) is 0 Å². The van der Waals surface area contributed by atoms with Gasteiger partial charge < -0.3 is 34.5 Å². The van der Waals surface area contributed by atoms with Crippen LogP contribution < -0.4 is 53.5 Å². The van der Waals surface area contributed by atoms with Crippen molar-refractivity contribution in [1.29, 1.82) is 0 Å². The van der Waals surface area contributed by atoms with Gasteiger partial charge in [0.05, 0.1) is 5.97 Å². The number of amides is 1. The summed E-state index contributed by atoms with van der Waals surface area (Å²) < 4.78 is 17.8. The van der Waals surface area contributed by atoms with Crippen LogP contribution in [0.25, 0.3) is 0 Å². The molecule has 1 aliphatic rings. The molecule has 0 aromatic heterocycles. The predicted octanol–water partition coefficient (Wildman–Crippen LogP) is -5.26. The Morgan fingerprint density at radius 1 is 1.19 bits per heavy atom. The zero-order valence-electron chi connectivity index (χ0n) is 18.9. The van der Waals surface area contributed by atoms with E-state index < -0.39 is 31.0 Å². The van der Waals surface area contributed by atoms with Crippen LogP contribution in [0, 0.1) is 0 Å². The van der Waals surface area contributed by atoms with Crippen molar-refractivity contribution < 1.29 is 66.4 Å². The number of unbranched alkanes of at least 4 members (excludes halogenated alkanes) is 2. The van der Waals surface area contributed by atoms with E-state index in [1.807, 2.05) is 30.3 Å². The second kappa shape index (κ2) is 16.4. The minimum absolute atomic E-state index is 0. The van der Waals surface area contributed by atoms with Gasteiger partial charge in [-0.1, -0.05) is 30.3 Å². The summed E-state index contributed by atoms with van der Waals surface area (Å²) in [5.41, 5.74) is 6.62. The first-order valence-electron chi connectivity index (χ1n) is 10.2. The third kappa shape index (κ3) is 10.8. The predicted molar refractivity (Wildman–Crippen MR) is 113 cm³/mol. The van der Waals surface area contributed by atoms with Gasteiger partial charge >= 0.3 is 37.7 Å². The summed E-state index contributed by atoms with van der Waals surface area (Å²) in [6.07, 6.45) is 1.77. The summed E-state index contributed by atoms with van der Waals surface area (Å²) in [4.78, 5) is 37.8. The van der Waals surface area contributed by atoms with Crippen molar-refractivity contribution in [3.05, 3.63) is 35.9 Å². The minimum atomic E-state index is -4.25. The third-order valence-electron chi connectivity index (χ3n) is 4.85. The van der Waals surface area contributed by atoms with Gasteiger partial charge in [-0.05, 0) is 50.6 Å². The number of benzene rings is 1. The minimum Gasteiger partial charge on any atom is -0.778 e. The van der Waals surface area contributed by atoms with Gasteiger partial charge in [0.2, 0.25) is 0 Å². The van der Waals surface area contributed by atoms with E-state index in [-0.39, 0.29) is 56.8 Å². The Balaban J connectivity index is 0.00000480. The number of hydrogen-bond acceptors (Lipinski definition) is 8. The first-order valence-corrected chi connectivity index (χ1v) is 13.0. The fraction of sp³-hybridized carbons (Fsp3) is 0.600. The largest absolute Gasteiger partial charge is 1.00 e. The van der Waals surface area contributed by atoms with Crippen molar-refractivity contribution in [1.82, 2.24) is 4.90 Å². The Morgan fingerprint density at radius 3 is 2.50 bits per heavy atom. The van der Waals surface area contributed by atoms with Gasteiger partial charge in [-0.15, -0.1) is 11.8 Å². The van der Waals surface area contributed by atoms with Gasteiger partial charge in [-0.25, -0.2) is 0 Å². The van der Waals surface area contributed by atoms with E-state index in [9.17, 15) is 24.2 Å². The first-order chi connectivity index (χ1) is 14.3. The van der Waals surface area contributed by atoms with E-state index in [2.05, 4.69) is 0 Å². The number of rotatable bonds is 13. The number of aryl methyl sites for hydroxylation is 1. The zero-order chi connectivity index (χ0) is 22.0. The number of nitrogens with two attached hydrogens (primary N) is 1. The van der Waals surface area contributed by atoms with Crippen LogP contribution in [0.4, 0.5) is 0 Å². The molecule has 2 rings (SSSR count). The number of carboxylic acids is 1. The Labute approximate surface area is 218 Å². The Kier molecular flexibility index (Phi) is 16.3. The summed E-state index contributed by atoms with van der Waals surface area (Å²) in [7, 11) is -4.25. The molecule has 1 unspecified atom stereocenters. The van der Waals surface area contributed by atoms with E-state index >= 15 is 0 Å². The molecular weight excluding hydrogens is 441 g/mol. The standard InChI is InChI=1S/C20H31N2O6PS.2Li/c21-12-6-4-11-17(18(23)22-13-15-30-19(22)20(24)25)28-29(26,27)14-7-5-10-16-8-2-1-3-9-16;;/h1-3,8-9,17,19H,4-7,10-15,21H2,(H,24,25)(H,26,27);;/q;2*+1/p-2/t17-,19-;;/m0../s1. The number of carboxylic acid groups (broad SMARTS) is 1. The van der Waals surface area contributed by atoms with E-state index in [1.165, 1.54) is 0 Å². The zero-order valence-corrected chi connectivity index (χ0v) is 20.7. The van der Waals surface area contributed by atoms with Crippen LogP contribution in [0.5, 0.6) is 0 Å². The quantitative estimate of drug-likeness (QED) is 0.172. The molecule has 1 amide bonds. The molecule has 8 nitrogen and oxygen atoms in total. The van der Waals surface area contributed by atoms with Gasteiger partial charge in [0.1, 0.15) is 19.1 Å². The monoisotopic (exact) mass is 470 g/mol. The van der Waals surface area contributed by atoms with E-state index in [4.69, 9.17) is 10.3 Å². The molecule has 1 aromatic carbocycles. The molecule has 1 aromatic rings. The second-order valence-corrected chi connectivity index (χ2v) is 10.3. The maximum atomic E-state index is 12.9. The molecule has 0 spiro atoms. The van der Waals surface area contributed by atoms with Gasteiger partial charge in [0.25, 0.3) is 5.91 Å². The number of carbonyl (C=O) groups excluding carboxylic acids is 2. The van der Waals surface area contributed by atoms with E-state index in [0.717, 1.165) is 28.6 Å².